The van der Waals surface area contributed by atoms with Gasteiger partial charge in [0.15, 0.2) is 0 Å². The first-order valence-electron chi connectivity index (χ1n) is 8.45. The fraction of sp³-hybridized carbons (Fsp3) is 0.350. The molecule has 0 aliphatic rings. The number of carbonyl (C=O) groups excluding carboxylic acids is 1. The second-order valence-electron chi connectivity index (χ2n) is 6.06. The van der Waals surface area contributed by atoms with Crippen LogP contribution in [0.15, 0.2) is 48.5 Å². The molecule has 1 unspecified atom stereocenters. The number of rotatable bonds is 7. The average Bonchev–Trinajstić information content (AvgIpc) is 2.60. The van der Waals surface area contributed by atoms with E-state index in [9.17, 15) is 18.0 Å². The van der Waals surface area contributed by atoms with Crippen LogP contribution in [0.1, 0.15) is 31.4 Å². The van der Waals surface area contributed by atoms with Gasteiger partial charge in [0.25, 0.3) is 0 Å². The molecule has 0 heterocycles. The fourth-order valence-electron chi connectivity index (χ4n) is 2.50. The van der Waals surface area contributed by atoms with E-state index in [2.05, 4.69) is 5.32 Å². The van der Waals surface area contributed by atoms with Crippen molar-refractivity contribution in [2.24, 2.45) is 0 Å². The summed E-state index contributed by atoms with van der Waals surface area (Å²) in [6, 6.07) is 12.7. The Morgan fingerprint density at radius 1 is 1.04 bits per heavy atom. The van der Waals surface area contributed by atoms with Gasteiger partial charge in [-0.05, 0) is 42.7 Å². The van der Waals surface area contributed by atoms with E-state index in [0.29, 0.717) is 19.6 Å². The maximum absolute atomic E-state index is 12.6. The Hall–Kier alpha value is -2.34. The number of nitrogens with one attached hydrogen (secondary N) is 1. The van der Waals surface area contributed by atoms with Gasteiger partial charge in [0, 0.05) is 12.6 Å². The van der Waals surface area contributed by atoms with Crippen molar-refractivity contribution >= 4 is 5.97 Å². The van der Waals surface area contributed by atoms with Crippen molar-refractivity contribution in [3.63, 3.8) is 0 Å². The first-order valence-corrected chi connectivity index (χ1v) is 8.45. The Labute approximate surface area is 151 Å². The molecule has 0 saturated carbocycles. The molecule has 0 saturated heterocycles. The molecular weight excluding hydrogens is 343 g/mol. The van der Waals surface area contributed by atoms with Gasteiger partial charge in [-0.1, -0.05) is 36.4 Å². The molecule has 1 N–H and O–H groups in total. The zero-order valence-electron chi connectivity index (χ0n) is 14.8. The molecular formula is C20H22F3NO2. The van der Waals surface area contributed by atoms with Crippen molar-refractivity contribution < 1.29 is 22.7 Å². The third-order valence-electron chi connectivity index (χ3n) is 3.93. The summed E-state index contributed by atoms with van der Waals surface area (Å²) in [6.07, 6.45) is -4.02. The van der Waals surface area contributed by atoms with Crippen LogP contribution < -0.4 is 5.32 Å². The summed E-state index contributed by atoms with van der Waals surface area (Å²) in [7, 11) is 0. The smallest absolute Gasteiger partial charge is 0.416 e. The Morgan fingerprint density at radius 2 is 1.58 bits per heavy atom. The molecule has 26 heavy (non-hydrogen) atoms. The Kier molecular flexibility index (Phi) is 6.80. The monoisotopic (exact) mass is 365 g/mol. The van der Waals surface area contributed by atoms with Crippen LogP contribution in [0, 0.1) is 0 Å². The van der Waals surface area contributed by atoms with E-state index in [1.165, 1.54) is 12.1 Å². The van der Waals surface area contributed by atoms with Crippen molar-refractivity contribution in [3.05, 3.63) is 59.7 Å². The third kappa shape index (κ3) is 5.88. The van der Waals surface area contributed by atoms with Crippen LogP contribution in [0.25, 0.3) is 11.1 Å². The first kappa shape index (κ1) is 20.0. The lowest BCUT2D eigenvalue weighted by atomic mass is 10.0. The molecule has 2 aromatic carbocycles. The Bertz CT molecular complexity index is 709. The van der Waals surface area contributed by atoms with Crippen molar-refractivity contribution in [2.75, 3.05) is 6.61 Å². The molecule has 0 aromatic heterocycles. The fourth-order valence-corrected chi connectivity index (χ4v) is 2.50. The maximum Gasteiger partial charge on any atom is 0.416 e. The number of benzene rings is 2. The van der Waals surface area contributed by atoms with E-state index in [4.69, 9.17) is 4.74 Å². The predicted octanol–water partition coefficient (Wildman–Crippen LogP) is 4.80. The van der Waals surface area contributed by atoms with Gasteiger partial charge < -0.3 is 10.1 Å². The number of halogens is 3. The lowest BCUT2D eigenvalue weighted by Crippen LogP contribution is -2.28. The minimum absolute atomic E-state index is 0.0105. The largest absolute Gasteiger partial charge is 0.466 e. The summed E-state index contributed by atoms with van der Waals surface area (Å²) in [5.74, 6) is -0.231. The third-order valence-corrected chi connectivity index (χ3v) is 3.93. The van der Waals surface area contributed by atoms with Gasteiger partial charge in [-0.15, -0.1) is 0 Å². The zero-order valence-corrected chi connectivity index (χ0v) is 14.8. The Morgan fingerprint density at radius 3 is 2.08 bits per heavy atom. The second kappa shape index (κ2) is 8.85. The van der Waals surface area contributed by atoms with Gasteiger partial charge in [0.1, 0.15) is 0 Å². The van der Waals surface area contributed by atoms with Crippen molar-refractivity contribution in [1.29, 1.82) is 0 Å². The Balaban J connectivity index is 1.93. The molecule has 0 amide bonds. The van der Waals surface area contributed by atoms with Crippen LogP contribution in [0.3, 0.4) is 0 Å². The lowest BCUT2D eigenvalue weighted by molar-refractivity contribution is -0.143. The lowest BCUT2D eigenvalue weighted by Gasteiger charge is -2.13. The summed E-state index contributed by atoms with van der Waals surface area (Å²) >= 11 is 0. The van der Waals surface area contributed by atoms with E-state index in [1.54, 1.807) is 6.92 Å². The highest BCUT2D eigenvalue weighted by molar-refractivity contribution is 5.70. The molecule has 0 aliphatic carbocycles. The highest BCUT2D eigenvalue weighted by Gasteiger charge is 2.29. The molecule has 6 heteroatoms. The zero-order chi connectivity index (χ0) is 19.2. The summed E-state index contributed by atoms with van der Waals surface area (Å²) in [4.78, 5) is 11.4. The molecule has 0 bridgehead atoms. The quantitative estimate of drug-likeness (QED) is 0.716. The maximum atomic E-state index is 12.6. The number of alkyl halides is 3. The summed E-state index contributed by atoms with van der Waals surface area (Å²) in [5.41, 5.74) is 1.95. The topological polar surface area (TPSA) is 38.3 Å². The van der Waals surface area contributed by atoms with Crippen LogP contribution in [0.5, 0.6) is 0 Å². The van der Waals surface area contributed by atoms with Gasteiger partial charge in [0.05, 0.1) is 18.6 Å². The van der Waals surface area contributed by atoms with E-state index < -0.39 is 11.7 Å². The highest BCUT2D eigenvalue weighted by Crippen LogP contribution is 2.31. The minimum Gasteiger partial charge on any atom is -0.466 e. The van der Waals surface area contributed by atoms with E-state index in [0.717, 1.165) is 28.8 Å². The standard InChI is InChI=1S/C20H22F3NO2/c1-3-26-19(25)12-14(2)24-13-15-4-6-16(7-5-15)17-8-10-18(11-9-17)20(21,22)23/h4-11,14,24H,3,12-13H2,1-2H3. The van der Waals surface area contributed by atoms with Crippen molar-refractivity contribution in [2.45, 2.75) is 39.0 Å². The first-order chi connectivity index (χ1) is 12.3. The number of ether oxygens (including phenoxy) is 1. The molecule has 1 atom stereocenters. The second-order valence-corrected chi connectivity index (χ2v) is 6.06. The number of hydrogen-bond donors (Lipinski definition) is 1. The van der Waals surface area contributed by atoms with Gasteiger partial charge in [0.2, 0.25) is 0 Å². The summed E-state index contributed by atoms with van der Waals surface area (Å²) < 4.78 is 42.7. The number of carbonyl (C=O) groups is 1. The predicted molar refractivity (Wildman–Crippen MR) is 94.4 cm³/mol. The highest BCUT2D eigenvalue weighted by atomic mass is 19.4. The molecule has 3 nitrogen and oxygen atoms in total. The molecule has 2 aromatic rings. The van der Waals surface area contributed by atoms with E-state index in [1.807, 2.05) is 31.2 Å². The van der Waals surface area contributed by atoms with Crippen LogP contribution in [0.2, 0.25) is 0 Å². The number of esters is 1. The number of hydrogen-bond acceptors (Lipinski definition) is 3. The van der Waals surface area contributed by atoms with Crippen molar-refractivity contribution in [1.82, 2.24) is 5.32 Å². The average molecular weight is 365 g/mol. The van der Waals surface area contributed by atoms with E-state index >= 15 is 0 Å². The van der Waals surface area contributed by atoms with Crippen LogP contribution in [-0.2, 0) is 22.3 Å². The van der Waals surface area contributed by atoms with Gasteiger partial charge in [-0.2, -0.15) is 13.2 Å². The van der Waals surface area contributed by atoms with Crippen LogP contribution in [-0.4, -0.2) is 18.6 Å². The molecule has 2 rings (SSSR count). The molecule has 0 radical (unpaired) electrons. The van der Waals surface area contributed by atoms with Crippen LogP contribution in [0.4, 0.5) is 13.2 Å². The van der Waals surface area contributed by atoms with Gasteiger partial charge in [-0.3, -0.25) is 4.79 Å². The summed E-state index contributed by atoms with van der Waals surface area (Å²) in [6.45, 7) is 4.65. The van der Waals surface area contributed by atoms with Gasteiger partial charge in [-0.25, -0.2) is 0 Å². The molecule has 0 spiro atoms. The van der Waals surface area contributed by atoms with Gasteiger partial charge >= 0.3 is 12.1 Å². The van der Waals surface area contributed by atoms with E-state index in [-0.39, 0.29) is 12.0 Å². The summed E-state index contributed by atoms with van der Waals surface area (Å²) in [5, 5.41) is 3.25. The SMILES string of the molecule is CCOC(=O)CC(C)NCc1ccc(-c2ccc(C(F)(F)F)cc2)cc1. The minimum atomic E-state index is -4.33. The van der Waals surface area contributed by atoms with Crippen LogP contribution >= 0.6 is 0 Å². The molecule has 0 aliphatic heterocycles. The normalized spacial score (nSPS) is 12.7. The molecule has 0 fully saturated rings. The van der Waals surface area contributed by atoms with Crippen molar-refractivity contribution in [3.8, 4) is 11.1 Å². The molecule has 140 valence electrons.